The zero-order valence-electron chi connectivity index (χ0n) is 17.5. The van der Waals surface area contributed by atoms with Crippen LogP contribution in [0.3, 0.4) is 0 Å². The van der Waals surface area contributed by atoms with E-state index in [0.29, 0.717) is 17.3 Å². The first-order valence-electron chi connectivity index (χ1n) is 10.1. The number of nitrogens with one attached hydrogen (secondary N) is 2. The average molecular weight is 397 g/mol. The molecule has 0 fully saturated rings. The number of carbonyl (C=O) groups excluding carboxylic acids is 1. The number of aliphatic imine (C=N–C) groups is 1. The van der Waals surface area contributed by atoms with Gasteiger partial charge in [-0.15, -0.1) is 0 Å². The molecule has 0 aliphatic carbocycles. The zero-order valence-corrected chi connectivity index (χ0v) is 17.5. The van der Waals surface area contributed by atoms with Crippen LogP contribution >= 0.6 is 0 Å². The number of hydrogen-bond acceptors (Lipinski definition) is 4. The summed E-state index contributed by atoms with van der Waals surface area (Å²) >= 11 is 0. The van der Waals surface area contributed by atoms with E-state index in [4.69, 9.17) is 0 Å². The van der Waals surface area contributed by atoms with Crippen LogP contribution in [-0.2, 0) is 4.79 Å². The molecule has 29 heavy (non-hydrogen) atoms. The van der Waals surface area contributed by atoms with Gasteiger partial charge in [-0.05, 0) is 74.5 Å². The minimum atomic E-state index is -0.576. The van der Waals surface area contributed by atoms with Crippen LogP contribution < -0.4 is 10.6 Å². The molecular formula is C23H29FN4O. The van der Waals surface area contributed by atoms with E-state index >= 15 is 0 Å². The Morgan fingerprint density at radius 1 is 1.24 bits per heavy atom. The molecule has 0 saturated carbocycles. The molecule has 1 aliphatic heterocycles. The summed E-state index contributed by atoms with van der Waals surface area (Å²) in [6.07, 6.45) is 1.59. The number of amides is 1. The fraction of sp³-hybridized carbons (Fsp3) is 0.391. The summed E-state index contributed by atoms with van der Waals surface area (Å²) in [6, 6.07) is 10.6. The molecule has 0 bridgehead atoms. The van der Waals surface area contributed by atoms with E-state index < -0.39 is 5.92 Å². The third kappa shape index (κ3) is 5.01. The van der Waals surface area contributed by atoms with Gasteiger partial charge in [0.05, 0.1) is 5.69 Å². The Hall–Kier alpha value is -2.73. The number of likely N-dealkylation sites (N-methyl/N-ethyl adjacent to an activating group) is 1. The van der Waals surface area contributed by atoms with E-state index in [1.807, 2.05) is 25.1 Å². The topological polar surface area (TPSA) is 56.7 Å². The monoisotopic (exact) mass is 396 g/mol. The van der Waals surface area contributed by atoms with Crippen LogP contribution in [0.4, 0.5) is 21.5 Å². The lowest BCUT2D eigenvalue weighted by Gasteiger charge is -2.24. The van der Waals surface area contributed by atoms with Crippen LogP contribution in [0.1, 0.15) is 37.8 Å². The van der Waals surface area contributed by atoms with Gasteiger partial charge in [0.15, 0.2) is 0 Å². The van der Waals surface area contributed by atoms with E-state index in [9.17, 15) is 9.18 Å². The Morgan fingerprint density at radius 2 is 2.00 bits per heavy atom. The van der Waals surface area contributed by atoms with Gasteiger partial charge in [-0.3, -0.25) is 9.79 Å². The molecule has 2 aromatic carbocycles. The number of aryl methyl sites for hydroxylation is 1. The second kappa shape index (κ2) is 9.18. The summed E-state index contributed by atoms with van der Waals surface area (Å²) < 4.78 is 13.6. The number of anilines is 2. The Morgan fingerprint density at radius 3 is 2.69 bits per heavy atom. The van der Waals surface area contributed by atoms with Crippen molar-refractivity contribution in [3.63, 3.8) is 0 Å². The molecule has 3 rings (SSSR count). The number of hydrogen-bond donors (Lipinski definition) is 2. The number of nitrogens with zero attached hydrogens (tertiary/aromatic N) is 2. The summed E-state index contributed by atoms with van der Waals surface area (Å²) in [6.45, 7) is 11.6. The summed E-state index contributed by atoms with van der Waals surface area (Å²) in [5.74, 6) is -1.12. The van der Waals surface area contributed by atoms with Crippen molar-refractivity contribution in [1.82, 2.24) is 4.90 Å². The molecule has 0 aromatic heterocycles. The first kappa shape index (κ1) is 21.0. The lowest BCUT2D eigenvalue weighted by molar-refractivity contribution is -0.115. The van der Waals surface area contributed by atoms with Crippen molar-refractivity contribution in [3.8, 4) is 0 Å². The van der Waals surface area contributed by atoms with Crippen molar-refractivity contribution in [2.75, 3.05) is 30.3 Å². The molecule has 154 valence electrons. The minimum Gasteiger partial charge on any atom is -0.381 e. The van der Waals surface area contributed by atoms with Crippen LogP contribution in [0.25, 0.3) is 0 Å². The van der Waals surface area contributed by atoms with Gasteiger partial charge in [-0.2, -0.15) is 0 Å². The highest BCUT2D eigenvalue weighted by atomic mass is 19.1. The maximum atomic E-state index is 13.6. The van der Waals surface area contributed by atoms with Crippen molar-refractivity contribution in [1.29, 1.82) is 0 Å². The van der Waals surface area contributed by atoms with E-state index in [1.165, 1.54) is 12.1 Å². The number of benzene rings is 2. The second-order valence-corrected chi connectivity index (χ2v) is 7.51. The van der Waals surface area contributed by atoms with Gasteiger partial charge < -0.3 is 15.5 Å². The Kier molecular flexibility index (Phi) is 6.64. The van der Waals surface area contributed by atoms with Crippen molar-refractivity contribution in [2.45, 2.75) is 39.7 Å². The van der Waals surface area contributed by atoms with Gasteiger partial charge >= 0.3 is 0 Å². The first-order chi connectivity index (χ1) is 13.9. The van der Waals surface area contributed by atoms with Gasteiger partial charge in [-0.25, -0.2) is 4.39 Å². The minimum absolute atomic E-state index is 0.186. The summed E-state index contributed by atoms with van der Waals surface area (Å²) in [5.41, 5.74) is 4.20. The number of rotatable bonds is 8. The van der Waals surface area contributed by atoms with Crippen molar-refractivity contribution < 1.29 is 9.18 Å². The van der Waals surface area contributed by atoms with E-state index in [1.54, 1.807) is 12.3 Å². The molecule has 5 nitrogen and oxygen atoms in total. The van der Waals surface area contributed by atoms with Gasteiger partial charge in [-0.1, -0.05) is 13.8 Å². The normalized spacial score (nSPS) is 16.9. The molecule has 1 amide bonds. The fourth-order valence-electron chi connectivity index (χ4n) is 3.64. The van der Waals surface area contributed by atoms with Gasteiger partial charge in [0, 0.05) is 30.2 Å². The van der Waals surface area contributed by atoms with Crippen LogP contribution in [0.15, 0.2) is 41.4 Å². The quantitative estimate of drug-likeness (QED) is 0.635. The Balaban J connectivity index is 1.70. The fourth-order valence-corrected chi connectivity index (χ4v) is 3.64. The van der Waals surface area contributed by atoms with Crippen LogP contribution in [-0.4, -0.2) is 42.7 Å². The number of carbonyl (C=O) groups is 1. The number of halogens is 1. The summed E-state index contributed by atoms with van der Waals surface area (Å²) in [5, 5.41) is 6.33. The molecule has 0 spiro atoms. The van der Waals surface area contributed by atoms with E-state index in [0.717, 1.165) is 36.6 Å². The number of fused-ring (bicyclic) bond motifs is 1. The highest BCUT2D eigenvalue weighted by Gasteiger charge is 2.29. The lowest BCUT2D eigenvalue weighted by atomic mass is 10.0. The van der Waals surface area contributed by atoms with Crippen molar-refractivity contribution >= 4 is 29.2 Å². The van der Waals surface area contributed by atoms with E-state index in [2.05, 4.69) is 41.3 Å². The predicted octanol–water partition coefficient (Wildman–Crippen LogP) is 4.71. The molecule has 2 aromatic rings. The maximum absolute atomic E-state index is 13.6. The smallest absolute Gasteiger partial charge is 0.237 e. The van der Waals surface area contributed by atoms with Gasteiger partial charge in [0.1, 0.15) is 11.7 Å². The highest BCUT2D eigenvalue weighted by Crippen LogP contribution is 2.32. The lowest BCUT2D eigenvalue weighted by Crippen LogP contribution is -2.34. The molecule has 0 saturated heterocycles. The summed E-state index contributed by atoms with van der Waals surface area (Å²) in [4.78, 5) is 19.1. The average Bonchev–Trinajstić information content (AvgIpc) is 3.00. The van der Waals surface area contributed by atoms with Gasteiger partial charge in [0.2, 0.25) is 5.91 Å². The molecule has 2 unspecified atom stereocenters. The largest absolute Gasteiger partial charge is 0.381 e. The highest BCUT2D eigenvalue weighted by molar-refractivity contribution is 6.12. The molecule has 2 N–H and O–H groups in total. The Labute approximate surface area is 172 Å². The van der Waals surface area contributed by atoms with Crippen LogP contribution in [0, 0.1) is 12.7 Å². The van der Waals surface area contributed by atoms with Crippen LogP contribution in [0.2, 0.25) is 0 Å². The molecule has 1 heterocycles. The van der Waals surface area contributed by atoms with E-state index in [-0.39, 0.29) is 11.7 Å². The van der Waals surface area contributed by atoms with Crippen molar-refractivity contribution in [2.24, 2.45) is 4.99 Å². The predicted molar refractivity (Wildman–Crippen MR) is 118 cm³/mol. The molecule has 1 aliphatic rings. The van der Waals surface area contributed by atoms with Gasteiger partial charge in [0.25, 0.3) is 0 Å². The zero-order chi connectivity index (χ0) is 21.0. The maximum Gasteiger partial charge on any atom is 0.237 e. The third-order valence-corrected chi connectivity index (χ3v) is 5.30. The first-order valence-corrected chi connectivity index (χ1v) is 10.1. The summed E-state index contributed by atoms with van der Waals surface area (Å²) in [7, 11) is 0. The molecular weight excluding hydrogens is 367 g/mol. The third-order valence-electron chi connectivity index (χ3n) is 5.30. The standard InChI is InChI=1S/C23H29FN4O/c1-5-28(6-2)14-16(4)26-21-10-8-18(11-15(21)3)25-13-20-19-12-17(24)7-9-22(19)27-23(20)29/h7-13,16,20,26H,5-6,14H2,1-4H3,(H,27,29). The van der Waals surface area contributed by atoms with Crippen molar-refractivity contribution in [3.05, 3.63) is 53.3 Å². The molecule has 0 radical (unpaired) electrons. The van der Waals surface area contributed by atoms with Crippen LogP contribution in [0.5, 0.6) is 0 Å². The molecule has 2 atom stereocenters. The SMILES string of the molecule is CCN(CC)CC(C)Nc1ccc(N=CC2C(=O)Nc3ccc(F)cc32)cc1C. The second-order valence-electron chi connectivity index (χ2n) is 7.51. The molecule has 6 heteroatoms. The Bertz CT molecular complexity index is 908.